The van der Waals surface area contributed by atoms with Crippen molar-refractivity contribution in [2.24, 2.45) is 17.3 Å². The largest absolute Gasteiger partial charge is 0.0983 e. The topological polar surface area (TPSA) is 0 Å². The molecule has 0 saturated carbocycles. The second-order valence-corrected chi connectivity index (χ2v) is 9.21. The molecule has 0 fully saturated rings. The molecule has 108 valence electrons. The number of fused-ring (bicyclic) bond motifs is 2. The Labute approximate surface area is 135 Å². The summed E-state index contributed by atoms with van der Waals surface area (Å²) in [5.41, 5.74) is 3.35. The lowest BCUT2D eigenvalue weighted by molar-refractivity contribution is 0.476. The zero-order valence-electron chi connectivity index (χ0n) is 12.9. The van der Waals surface area contributed by atoms with Crippen molar-refractivity contribution in [3.63, 3.8) is 0 Å². The van der Waals surface area contributed by atoms with Crippen LogP contribution in [0.15, 0.2) is 67.2 Å². The summed E-state index contributed by atoms with van der Waals surface area (Å²) in [6.45, 7) is 9.45. The lowest BCUT2D eigenvalue weighted by Crippen LogP contribution is -2.25. The molecule has 2 heteroatoms. The van der Waals surface area contributed by atoms with E-state index >= 15 is 0 Å². The van der Waals surface area contributed by atoms with E-state index in [1.807, 2.05) is 23.5 Å². The van der Waals surface area contributed by atoms with E-state index in [0.717, 1.165) is 0 Å². The van der Waals surface area contributed by atoms with E-state index < -0.39 is 0 Å². The highest BCUT2D eigenvalue weighted by molar-refractivity contribution is 8.07. The van der Waals surface area contributed by atoms with Gasteiger partial charge < -0.3 is 0 Å². The van der Waals surface area contributed by atoms with Crippen LogP contribution in [0.4, 0.5) is 0 Å². The molecular weight excluding hydrogens is 292 g/mol. The zero-order chi connectivity index (χ0) is 14.8. The molecule has 0 aromatic carbocycles. The van der Waals surface area contributed by atoms with Crippen LogP contribution in [-0.4, -0.2) is 0 Å². The molecule has 2 unspecified atom stereocenters. The van der Waals surface area contributed by atoms with Crippen molar-refractivity contribution in [1.29, 1.82) is 0 Å². The first-order valence-corrected chi connectivity index (χ1v) is 9.18. The van der Waals surface area contributed by atoms with Gasteiger partial charge >= 0.3 is 0 Å². The van der Waals surface area contributed by atoms with Gasteiger partial charge in [0, 0.05) is 27.1 Å². The van der Waals surface area contributed by atoms with E-state index in [1.54, 1.807) is 11.1 Å². The molecule has 0 N–H and O–H groups in total. The van der Waals surface area contributed by atoms with Crippen LogP contribution >= 0.6 is 23.5 Å². The molecule has 2 aliphatic heterocycles. The normalized spacial score (nSPS) is 30.3. The summed E-state index contributed by atoms with van der Waals surface area (Å²) in [6.07, 6.45) is 13.8. The van der Waals surface area contributed by atoms with Crippen molar-refractivity contribution in [2.75, 3.05) is 0 Å². The van der Waals surface area contributed by atoms with Gasteiger partial charge in [0.05, 0.1) is 0 Å². The van der Waals surface area contributed by atoms with Crippen LogP contribution in [0.3, 0.4) is 0 Å². The maximum atomic E-state index is 2.43. The number of hydrogen-bond donors (Lipinski definition) is 0. The van der Waals surface area contributed by atoms with Crippen LogP contribution in [0.1, 0.15) is 27.7 Å². The Balaban J connectivity index is 1.81. The second-order valence-electron chi connectivity index (χ2n) is 6.63. The van der Waals surface area contributed by atoms with E-state index in [1.165, 1.54) is 19.6 Å². The Kier molecular flexibility index (Phi) is 3.00. The smallest absolute Gasteiger partial charge is 0.0314 e. The highest BCUT2D eigenvalue weighted by Crippen LogP contribution is 2.61. The van der Waals surface area contributed by atoms with Crippen molar-refractivity contribution in [3.05, 3.63) is 67.2 Å². The summed E-state index contributed by atoms with van der Waals surface area (Å²) >= 11 is 3.95. The predicted octanol–water partition coefficient (Wildman–Crippen LogP) is 6.19. The van der Waals surface area contributed by atoms with Gasteiger partial charge in [-0.3, -0.25) is 0 Å². The molecule has 0 radical (unpaired) electrons. The molecule has 4 aliphatic rings. The van der Waals surface area contributed by atoms with Crippen molar-refractivity contribution in [2.45, 2.75) is 27.7 Å². The van der Waals surface area contributed by atoms with Crippen molar-refractivity contribution < 1.29 is 0 Å². The average Bonchev–Trinajstić information content (AvgIpc) is 3.07. The van der Waals surface area contributed by atoms with E-state index in [-0.39, 0.29) is 5.41 Å². The first kappa shape index (κ1) is 13.8. The Hall–Kier alpha value is -0.860. The molecular formula is C19H20S2. The fraction of sp³-hybridized carbons (Fsp3) is 0.368. The molecule has 0 bridgehead atoms. The number of allylic oxidation sites excluding steroid dienone is 12. The molecule has 0 aromatic heterocycles. The van der Waals surface area contributed by atoms with Crippen molar-refractivity contribution in [1.82, 2.24) is 0 Å². The molecule has 2 aliphatic carbocycles. The van der Waals surface area contributed by atoms with E-state index in [0.29, 0.717) is 11.8 Å². The van der Waals surface area contributed by atoms with Gasteiger partial charge in [-0.1, -0.05) is 73.8 Å². The van der Waals surface area contributed by atoms with Gasteiger partial charge in [0.25, 0.3) is 0 Å². The average molecular weight is 313 g/mol. The molecule has 0 spiro atoms. The van der Waals surface area contributed by atoms with E-state index in [2.05, 4.69) is 64.2 Å². The first-order chi connectivity index (χ1) is 10.00. The quantitative estimate of drug-likeness (QED) is 0.596. The summed E-state index contributed by atoms with van der Waals surface area (Å²) in [4.78, 5) is 6.03. The van der Waals surface area contributed by atoms with Crippen LogP contribution in [0.25, 0.3) is 0 Å². The van der Waals surface area contributed by atoms with Gasteiger partial charge in [-0.15, -0.1) is 0 Å². The van der Waals surface area contributed by atoms with Gasteiger partial charge in [0.15, 0.2) is 0 Å². The Morgan fingerprint density at radius 2 is 1.24 bits per heavy atom. The van der Waals surface area contributed by atoms with Gasteiger partial charge in [0.2, 0.25) is 0 Å². The predicted molar refractivity (Wildman–Crippen MR) is 95.8 cm³/mol. The maximum absolute atomic E-state index is 2.43. The van der Waals surface area contributed by atoms with Crippen LogP contribution in [-0.2, 0) is 0 Å². The molecule has 0 nitrogen and oxygen atoms in total. The fourth-order valence-electron chi connectivity index (χ4n) is 4.30. The van der Waals surface area contributed by atoms with Crippen LogP contribution < -0.4 is 0 Å². The van der Waals surface area contributed by atoms with E-state index in [9.17, 15) is 0 Å². The number of hydrogen-bond acceptors (Lipinski definition) is 2. The summed E-state index contributed by atoms with van der Waals surface area (Å²) in [6, 6.07) is 0. The van der Waals surface area contributed by atoms with Gasteiger partial charge in [-0.05, 0) is 34.8 Å². The molecule has 21 heavy (non-hydrogen) atoms. The summed E-state index contributed by atoms with van der Waals surface area (Å²) < 4.78 is 0. The number of thioether (sulfide) groups is 2. The van der Waals surface area contributed by atoms with E-state index in [4.69, 9.17) is 0 Å². The molecule has 2 heterocycles. The minimum Gasteiger partial charge on any atom is -0.0983 e. The van der Waals surface area contributed by atoms with Crippen molar-refractivity contribution >= 4 is 23.5 Å². The Morgan fingerprint density at radius 3 is 1.67 bits per heavy atom. The number of rotatable bonds is 2. The molecule has 0 aromatic rings. The van der Waals surface area contributed by atoms with Crippen LogP contribution in [0.2, 0.25) is 0 Å². The standard InChI is InChI=1S/C19H20S2/c1-11-17(13-7-5-9-15(13)20-11)19(3,4)18-12(2)21-16-10-6-8-14(16)18/h5-10,13-14H,1-4H3. The monoisotopic (exact) mass is 312 g/mol. The maximum Gasteiger partial charge on any atom is 0.0314 e. The summed E-state index contributed by atoms with van der Waals surface area (Å²) in [5, 5.41) is 0. The summed E-state index contributed by atoms with van der Waals surface area (Å²) in [5.74, 6) is 1.04. The highest BCUT2D eigenvalue weighted by atomic mass is 32.2. The van der Waals surface area contributed by atoms with Gasteiger partial charge in [-0.2, -0.15) is 0 Å². The third-order valence-corrected chi connectivity index (χ3v) is 7.31. The van der Waals surface area contributed by atoms with Gasteiger partial charge in [0.1, 0.15) is 0 Å². The first-order valence-electron chi connectivity index (χ1n) is 7.55. The van der Waals surface area contributed by atoms with Crippen LogP contribution in [0.5, 0.6) is 0 Å². The highest BCUT2D eigenvalue weighted by Gasteiger charge is 2.45. The lowest BCUT2D eigenvalue weighted by Gasteiger charge is -2.34. The molecule has 0 saturated heterocycles. The molecule has 4 rings (SSSR count). The Bertz CT molecular complexity index is 648. The minimum absolute atomic E-state index is 0.123. The van der Waals surface area contributed by atoms with Crippen molar-refractivity contribution in [3.8, 4) is 0 Å². The van der Waals surface area contributed by atoms with Gasteiger partial charge in [-0.25, -0.2) is 0 Å². The third-order valence-electron chi connectivity index (χ3n) is 5.01. The lowest BCUT2D eigenvalue weighted by atomic mass is 9.68. The Morgan fingerprint density at radius 1 is 0.810 bits per heavy atom. The minimum atomic E-state index is 0.123. The molecule has 0 amide bonds. The second kappa shape index (κ2) is 4.57. The summed E-state index contributed by atoms with van der Waals surface area (Å²) in [7, 11) is 0. The van der Waals surface area contributed by atoms with Crippen LogP contribution in [0, 0.1) is 17.3 Å². The molecule has 2 atom stereocenters. The third kappa shape index (κ3) is 1.85. The SMILES string of the molecule is CC1=C(C(C)(C)C2=C(C)SC3=CC=CC32)C2C=CC=C2S1. The fourth-order valence-corrected chi connectivity index (χ4v) is 6.93. The zero-order valence-corrected chi connectivity index (χ0v) is 14.6.